The Labute approximate surface area is 113 Å². The number of nitrogens with zero attached hydrogens (tertiary/aromatic N) is 3. The standard InChI is InChI=1S/C14H21N3O2/c1-12(18)16-5-3-6-17(9-8-16)14(19)10-13-4-7-15(2)11-13/h4,7,11H,3,5-6,8-10H2,1-2H3. The van der Waals surface area contributed by atoms with E-state index in [-0.39, 0.29) is 11.8 Å². The molecule has 0 aromatic carbocycles. The maximum atomic E-state index is 12.2. The third-order valence-electron chi connectivity index (χ3n) is 3.54. The van der Waals surface area contributed by atoms with Crippen molar-refractivity contribution in [1.82, 2.24) is 14.4 Å². The van der Waals surface area contributed by atoms with Gasteiger partial charge in [0, 0.05) is 52.5 Å². The number of hydrogen-bond donors (Lipinski definition) is 0. The molecule has 1 aliphatic rings. The maximum Gasteiger partial charge on any atom is 0.227 e. The zero-order valence-electron chi connectivity index (χ0n) is 11.6. The van der Waals surface area contributed by atoms with E-state index in [2.05, 4.69) is 0 Å². The highest BCUT2D eigenvalue weighted by Crippen LogP contribution is 2.08. The Hall–Kier alpha value is -1.78. The summed E-state index contributed by atoms with van der Waals surface area (Å²) in [5, 5.41) is 0. The lowest BCUT2D eigenvalue weighted by Gasteiger charge is -2.21. The van der Waals surface area contributed by atoms with E-state index in [1.165, 1.54) is 0 Å². The first-order valence-corrected chi connectivity index (χ1v) is 6.70. The SMILES string of the molecule is CC(=O)N1CCCN(C(=O)Cc2ccn(C)c2)CC1. The van der Waals surface area contributed by atoms with Crippen LogP contribution in [0.2, 0.25) is 0 Å². The monoisotopic (exact) mass is 263 g/mol. The van der Waals surface area contributed by atoms with Crippen LogP contribution in [0.15, 0.2) is 18.5 Å². The number of carbonyl (C=O) groups excluding carboxylic acids is 2. The van der Waals surface area contributed by atoms with Crippen LogP contribution in [-0.4, -0.2) is 52.4 Å². The average Bonchev–Trinajstić information content (AvgIpc) is 2.65. The fourth-order valence-electron chi connectivity index (χ4n) is 2.43. The summed E-state index contributed by atoms with van der Waals surface area (Å²) in [5.41, 5.74) is 1.04. The predicted molar refractivity (Wildman–Crippen MR) is 72.6 cm³/mol. The van der Waals surface area contributed by atoms with Gasteiger partial charge in [0.15, 0.2) is 0 Å². The molecule has 0 spiro atoms. The van der Waals surface area contributed by atoms with Crippen molar-refractivity contribution in [1.29, 1.82) is 0 Å². The third kappa shape index (κ3) is 3.59. The quantitative estimate of drug-likeness (QED) is 0.786. The van der Waals surface area contributed by atoms with Crippen LogP contribution in [0.5, 0.6) is 0 Å². The fourth-order valence-corrected chi connectivity index (χ4v) is 2.43. The van der Waals surface area contributed by atoms with Crippen LogP contribution in [0.25, 0.3) is 0 Å². The lowest BCUT2D eigenvalue weighted by atomic mass is 10.2. The van der Waals surface area contributed by atoms with Crippen LogP contribution < -0.4 is 0 Å². The van der Waals surface area contributed by atoms with E-state index in [1.807, 2.05) is 39.9 Å². The minimum Gasteiger partial charge on any atom is -0.357 e. The topological polar surface area (TPSA) is 45.6 Å². The number of amides is 2. The van der Waals surface area contributed by atoms with Crippen molar-refractivity contribution in [2.24, 2.45) is 7.05 Å². The van der Waals surface area contributed by atoms with Gasteiger partial charge in [-0.05, 0) is 18.1 Å². The smallest absolute Gasteiger partial charge is 0.227 e. The summed E-state index contributed by atoms with van der Waals surface area (Å²) in [4.78, 5) is 27.2. The Kier molecular flexibility index (Phi) is 4.24. The maximum absolute atomic E-state index is 12.2. The second kappa shape index (κ2) is 5.91. The van der Waals surface area contributed by atoms with Gasteiger partial charge in [-0.3, -0.25) is 9.59 Å². The molecule has 2 rings (SSSR count). The first-order chi connectivity index (χ1) is 9.06. The van der Waals surface area contributed by atoms with Crippen molar-refractivity contribution < 1.29 is 9.59 Å². The van der Waals surface area contributed by atoms with Crippen molar-refractivity contribution in [2.75, 3.05) is 26.2 Å². The minimum atomic E-state index is 0.0948. The van der Waals surface area contributed by atoms with Gasteiger partial charge < -0.3 is 14.4 Å². The molecular weight excluding hydrogens is 242 g/mol. The first-order valence-electron chi connectivity index (χ1n) is 6.70. The summed E-state index contributed by atoms with van der Waals surface area (Å²) in [6, 6.07) is 1.97. The first kappa shape index (κ1) is 13.6. The van der Waals surface area contributed by atoms with Crippen molar-refractivity contribution in [3.8, 4) is 0 Å². The van der Waals surface area contributed by atoms with Crippen LogP contribution in [-0.2, 0) is 23.1 Å². The Morgan fingerprint density at radius 3 is 2.47 bits per heavy atom. The second-order valence-corrected chi connectivity index (χ2v) is 5.10. The molecule has 0 unspecified atom stereocenters. The average molecular weight is 263 g/mol. The van der Waals surface area contributed by atoms with E-state index in [4.69, 9.17) is 0 Å². The molecule has 1 fully saturated rings. The summed E-state index contributed by atoms with van der Waals surface area (Å²) in [6.45, 7) is 4.38. The minimum absolute atomic E-state index is 0.0948. The Morgan fingerprint density at radius 2 is 1.84 bits per heavy atom. The van der Waals surface area contributed by atoms with E-state index >= 15 is 0 Å². The van der Waals surface area contributed by atoms with Crippen molar-refractivity contribution in [2.45, 2.75) is 19.8 Å². The molecule has 0 N–H and O–H groups in total. The molecule has 0 atom stereocenters. The molecule has 104 valence electrons. The van der Waals surface area contributed by atoms with E-state index < -0.39 is 0 Å². The highest BCUT2D eigenvalue weighted by Gasteiger charge is 2.20. The molecule has 2 heterocycles. The van der Waals surface area contributed by atoms with Gasteiger partial charge in [0.1, 0.15) is 0 Å². The number of rotatable bonds is 2. The van der Waals surface area contributed by atoms with Crippen LogP contribution in [0.3, 0.4) is 0 Å². The lowest BCUT2D eigenvalue weighted by Crippen LogP contribution is -2.37. The van der Waals surface area contributed by atoms with Crippen LogP contribution in [0.1, 0.15) is 18.9 Å². The zero-order chi connectivity index (χ0) is 13.8. The molecule has 19 heavy (non-hydrogen) atoms. The van der Waals surface area contributed by atoms with Crippen molar-refractivity contribution in [3.05, 3.63) is 24.0 Å². The van der Waals surface area contributed by atoms with E-state index in [1.54, 1.807) is 6.92 Å². The summed E-state index contributed by atoms with van der Waals surface area (Å²) in [5.74, 6) is 0.244. The summed E-state index contributed by atoms with van der Waals surface area (Å²) in [6.07, 6.45) is 5.22. The molecule has 0 saturated carbocycles. The van der Waals surface area contributed by atoms with E-state index in [0.717, 1.165) is 25.1 Å². The van der Waals surface area contributed by atoms with Crippen LogP contribution in [0.4, 0.5) is 0 Å². The van der Waals surface area contributed by atoms with Crippen molar-refractivity contribution >= 4 is 11.8 Å². The Morgan fingerprint density at radius 1 is 1.16 bits per heavy atom. The summed E-state index contributed by atoms with van der Waals surface area (Å²) in [7, 11) is 1.95. The van der Waals surface area contributed by atoms with Crippen LogP contribution in [0, 0.1) is 0 Å². The van der Waals surface area contributed by atoms with Gasteiger partial charge in [0.25, 0.3) is 0 Å². The van der Waals surface area contributed by atoms with Gasteiger partial charge in [-0.2, -0.15) is 0 Å². The Balaban J connectivity index is 1.91. The molecule has 1 aromatic rings. The van der Waals surface area contributed by atoms with Gasteiger partial charge in [-0.25, -0.2) is 0 Å². The second-order valence-electron chi connectivity index (χ2n) is 5.10. The molecule has 0 bridgehead atoms. The molecule has 0 radical (unpaired) electrons. The third-order valence-corrected chi connectivity index (χ3v) is 3.54. The molecule has 5 nitrogen and oxygen atoms in total. The normalized spacial score (nSPS) is 16.3. The molecule has 0 aliphatic carbocycles. The number of aryl methyl sites for hydroxylation is 1. The van der Waals surface area contributed by atoms with Gasteiger partial charge in [-0.1, -0.05) is 0 Å². The zero-order valence-corrected chi connectivity index (χ0v) is 11.6. The molecular formula is C14H21N3O2. The highest BCUT2D eigenvalue weighted by molar-refractivity contribution is 5.79. The van der Waals surface area contributed by atoms with Crippen molar-refractivity contribution in [3.63, 3.8) is 0 Å². The fraction of sp³-hybridized carbons (Fsp3) is 0.571. The molecule has 2 amide bonds. The Bertz CT molecular complexity index is 467. The molecule has 1 saturated heterocycles. The number of hydrogen-bond acceptors (Lipinski definition) is 2. The number of aromatic nitrogens is 1. The van der Waals surface area contributed by atoms with Gasteiger partial charge >= 0.3 is 0 Å². The molecule has 1 aliphatic heterocycles. The van der Waals surface area contributed by atoms with Gasteiger partial charge in [0.05, 0.1) is 6.42 Å². The molecule has 1 aromatic heterocycles. The van der Waals surface area contributed by atoms with Gasteiger partial charge in [0.2, 0.25) is 11.8 Å². The summed E-state index contributed by atoms with van der Waals surface area (Å²) >= 11 is 0. The highest BCUT2D eigenvalue weighted by atomic mass is 16.2. The summed E-state index contributed by atoms with van der Waals surface area (Å²) < 4.78 is 1.95. The van der Waals surface area contributed by atoms with E-state index in [0.29, 0.717) is 19.5 Å². The van der Waals surface area contributed by atoms with Gasteiger partial charge in [-0.15, -0.1) is 0 Å². The van der Waals surface area contributed by atoms with E-state index in [9.17, 15) is 9.59 Å². The largest absolute Gasteiger partial charge is 0.357 e. The predicted octanol–water partition coefficient (Wildman–Crippen LogP) is 0.648. The molecule has 5 heteroatoms. The lowest BCUT2D eigenvalue weighted by molar-refractivity contribution is -0.132. The van der Waals surface area contributed by atoms with Crippen LogP contribution >= 0.6 is 0 Å². The number of carbonyl (C=O) groups is 2.